The molecule has 2 aromatic rings. The molecule has 2 nitrogen and oxygen atoms in total. The molecule has 0 radical (unpaired) electrons. The number of rotatable bonds is 5. The molecule has 0 saturated heterocycles. The molecule has 0 aliphatic heterocycles. The second kappa shape index (κ2) is 7.96. The first-order valence-electron chi connectivity index (χ1n) is 8.75. The topological polar surface area (TPSA) is 24.9 Å². The van der Waals surface area contributed by atoms with Crippen LogP contribution in [0.15, 0.2) is 42.5 Å². The van der Waals surface area contributed by atoms with Crippen LogP contribution in [0.2, 0.25) is 0 Å². The minimum Gasteiger partial charge on any atom is -0.385 e. The van der Waals surface area contributed by atoms with Gasteiger partial charge in [0, 0.05) is 17.9 Å². The Kier molecular flexibility index (Phi) is 5.46. The van der Waals surface area contributed by atoms with E-state index >= 15 is 0 Å². The molecule has 1 fully saturated rings. The molecule has 1 aliphatic carbocycles. The molecule has 1 aliphatic rings. The first-order valence-corrected chi connectivity index (χ1v) is 8.75. The Morgan fingerprint density at radius 3 is 2.52 bits per heavy atom. The van der Waals surface area contributed by atoms with Gasteiger partial charge in [-0.2, -0.15) is 0 Å². The van der Waals surface area contributed by atoms with Gasteiger partial charge in [-0.15, -0.1) is 0 Å². The number of benzene rings is 1. The lowest BCUT2D eigenvalue weighted by atomic mass is 9.89. The summed E-state index contributed by atoms with van der Waals surface area (Å²) >= 11 is 0. The summed E-state index contributed by atoms with van der Waals surface area (Å²) in [6.45, 7) is 3.13. The summed E-state index contributed by atoms with van der Waals surface area (Å²) in [6.07, 6.45) is 11.2. The maximum Gasteiger partial charge on any atom is 0.0633 e. The van der Waals surface area contributed by atoms with Crippen molar-refractivity contribution < 1.29 is 0 Å². The molecule has 1 aromatic heterocycles. The zero-order valence-corrected chi connectivity index (χ0v) is 14.0. The molecule has 0 amide bonds. The number of aromatic nitrogens is 1. The Bertz CT molecular complexity index is 637. The standard InChI is InChI=1S/C21H26N2/c1-17-6-5-9-21(23-17)15-12-18-10-13-20(14-11-18)22-16-19-7-3-2-4-8-19/h5-6,9-15,19,22H,2-4,7-8,16H2,1H3/b15-12+. The molecule has 23 heavy (non-hydrogen) atoms. The van der Waals surface area contributed by atoms with Gasteiger partial charge in [-0.25, -0.2) is 0 Å². The van der Waals surface area contributed by atoms with Gasteiger partial charge in [-0.3, -0.25) is 4.98 Å². The van der Waals surface area contributed by atoms with Crippen molar-refractivity contribution in [2.24, 2.45) is 5.92 Å². The fourth-order valence-electron chi connectivity index (χ4n) is 3.20. The van der Waals surface area contributed by atoms with E-state index in [1.165, 1.54) is 43.4 Å². The highest BCUT2D eigenvalue weighted by Crippen LogP contribution is 2.24. The van der Waals surface area contributed by atoms with Crippen molar-refractivity contribution in [3.63, 3.8) is 0 Å². The van der Waals surface area contributed by atoms with Crippen LogP contribution in [0.3, 0.4) is 0 Å². The van der Waals surface area contributed by atoms with E-state index in [4.69, 9.17) is 0 Å². The van der Waals surface area contributed by atoms with Gasteiger partial charge in [0.05, 0.1) is 5.69 Å². The molecule has 0 unspecified atom stereocenters. The van der Waals surface area contributed by atoms with Crippen molar-refractivity contribution in [2.45, 2.75) is 39.0 Å². The second-order valence-electron chi connectivity index (χ2n) is 6.54. The quantitative estimate of drug-likeness (QED) is 0.783. The molecule has 0 atom stereocenters. The average molecular weight is 306 g/mol. The molecular weight excluding hydrogens is 280 g/mol. The largest absolute Gasteiger partial charge is 0.385 e. The number of pyridine rings is 1. The SMILES string of the molecule is Cc1cccc(/C=C/c2ccc(NCC3CCCCC3)cc2)n1. The number of hydrogen-bond acceptors (Lipinski definition) is 2. The van der Waals surface area contributed by atoms with Crippen molar-refractivity contribution >= 4 is 17.8 Å². The summed E-state index contributed by atoms with van der Waals surface area (Å²) in [6, 6.07) is 14.8. The van der Waals surface area contributed by atoms with Crippen LogP contribution in [0, 0.1) is 12.8 Å². The van der Waals surface area contributed by atoms with E-state index in [0.717, 1.165) is 23.9 Å². The van der Waals surface area contributed by atoms with Crippen LogP contribution in [0.25, 0.3) is 12.2 Å². The molecule has 3 rings (SSSR count). The van der Waals surface area contributed by atoms with Crippen LogP contribution in [0.5, 0.6) is 0 Å². The summed E-state index contributed by atoms with van der Waals surface area (Å²) in [5.74, 6) is 0.857. The fraction of sp³-hybridized carbons (Fsp3) is 0.381. The summed E-state index contributed by atoms with van der Waals surface area (Å²) in [7, 11) is 0. The van der Waals surface area contributed by atoms with E-state index in [-0.39, 0.29) is 0 Å². The van der Waals surface area contributed by atoms with Gasteiger partial charge in [-0.1, -0.05) is 43.5 Å². The molecule has 0 spiro atoms. The zero-order valence-electron chi connectivity index (χ0n) is 14.0. The molecule has 1 saturated carbocycles. The second-order valence-corrected chi connectivity index (χ2v) is 6.54. The number of nitrogens with zero attached hydrogens (tertiary/aromatic N) is 1. The highest BCUT2D eigenvalue weighted by atomic mass is 14.9. The zero-order chi connectivity index (χ0) is 15.9. The van der Waals surface area contributed by atoms with Crippen molar-refractivity contribution in [1.29, 1.82) is 0 Å². The normalized spacial score (nSPS) is 15.9. The van der Waals surface area contributed by atoms with Gasteiger partial charge >= 0.3 is 0 Å². The lowest BCUT2D eigenvalue weighted by Gasteiger charge is -2.22. The van der Waals surface area contributed by atoms with Crippen LogP contribution in [-0.4, -0.2) is 11.5 Å². The first kappa shape index (κ1) is 15.8. The smallest absolute Gasteiger partial charge is 0.0633 e. The molecule has 1 N–H and O–H groups in total. The Labute approximate surface area is 139 Å². The molecule has 1 heterocycles. The summed E-state index contributed by atoms with van der Waals surface area (Å²) in [4.78, 5) is 4.49. The van der Waals surface area contributed by atoms with Gasteiger partial charge in [0.2, 0.25) is 0 Å². The maximum atomic E-state index is 4.49. The summed E-state index contributed by atoms with van der Waals surface area (Å²) in [5.41, 5.74) is 4.48. The van der Waals surface area contributed by atoms with Crippen LogP contribution in [0.1, 0.15) is 49.1 Å². The maximum absolute atomic E-state index is 4.49. The van der Waals surface area contributed by atoms with E-state index < -0.39 is 0 Å². The highest BCUT2D eigenvalue weighted by molar-refractivity contribution is 5.69. The lowest BCUT2D eigenvalue weighted by Crippen LogP contribution is -2.16. The minimum atomic E-state index is 0.857. The predicted octanol–water partition coefficient (Wildman–Crippen LogP) is 5.55. The molecule has 0 bridgehead atoms. The third kappa shape index (κ3) is 4.95. The van der Waals surface area contributed by atoms with Crippen LogP contribution >= 0.6 is 0 Å². The van der Waals surface area contributed by atoms with Crippen molar-refractivity contribution in [3.05, 3.63) is 59.4 Å². The van der Waals surface area contributed by atoms with Crippen LogP contribution in [-0.2, 0) is 0 Å². The molecule has 120 valence electrons. The first-order chi connectivity index (χ1) is 11.3. The van der Waals surface area contributed by atoms with E-state index in [2.05, 4.69) is 46.7 Å². The average Bonchev–Trinajstić information content (AvgIpc) is 2.60. The molecule has 2 heteroatoms. The fourth-order valence-corrected chi connectivity index (χ4v) is 3.20. The number of aryl methyl sites for hydroxylation is 1. The van der Waals surface area contributed by atoms with Crippen molar-refractivity contribution in [3.8, 4) is 0 Å². The van der Waals surface area contributed by atoms with Crippen molar-refractivity contribution in [2.75, 3.05) is 11.9 Å². The summed E-state index contributed by atoms with van der Waals surface area (Å²) in [5, 5.41) is 3.59. The lowest BCUT2D eigenvalue weighted by molar-refractivity contribution is 0.373. The number of nitrogens with one attached hydrogen (secondary N) is 1. The van der Waals surface area contributed by atoms with E-state index in [0.29, 0.717) is 0 Å². The van der Waals surface area contributed by atoms with Gasteiger partial charge in [0.1, 0.15) is 0 Å². The Morgan fingerprint density at radius 1 is 1.00 bits per heavy atom. The van der Waals surface area contributed by atoms with Gasteiger partial charge in [0.15, 0.2) is 0 Å². The Morgan fingerprint density at radius 2 is 1.78 bits per heavy atom. The third-order valence-corrected chi connectivity index (χ3v) is 4.59. The Balaban J connectivity index is 1.54. The van der Waals surface area contributed by atoms with E-state index in [1.807, 2.05) is 25.1 Å². The van der Waals surface area contributed by atoms with Gasteiger partial charge in [-0.05, 0) is 61.6 Å². The van der Waals surface area contributed by atoms with Gasteiger partial charge in [0.25, 0.3) is 0 Å². The van der Waals surface area contributed by atoms with Gasteiger partial charge < -0.3 is 5.32 Å². The van der Waals surface area contributed by atoms with E-state index in [9.17, 15) is 0 Å². The van der Waals surface area contributed by atoms with Crippen molar-refractivity contribution in [1.82, 2.24) is 4.98 Å². The predicted molar refractivity (Wildman–Crippen MR) is 99.4 cm³/mol. The number of anilines is 1. The minimum absolute atomic E-state index is 0.857. The Hall–Kier alpha value is -2.09. The molecule has 1 aromatic carbocycles. The third-order valence-electron chi connectivity index (χ3n) is 4.59. The van der Waals surface area contributed by atoms with E-state index in [1.54, 1.807) is 0 Å². The summed E-state index contributed by atoms with van der Waals surface area (Å²) < 4.78 is 0. The number of hydrogen-bond donors (Lipinski definition) is 1. The highest BCUT2D eigenvalue weighted by Gasteiger charge is 2.12. The van der Waals surface area contributed by atoms with Crippen LogP contribution < -0.4 is 5.32 Å². The van der Waals surface area contributed by atoms with Crippen LogP contribution in [0.4, 0.5) is 5.69 Å². The monoisotopic (exact) mass is 306 g/mol. The molecular formula is C21H26N2.